The molecule has 0 saturated heterocycles. The van der Waals surface area contributed by atoms with Crippen molar-refractivity contribution in [1.29, 1.82) is 5.26 Å². The van der Waals surface area contributed by atoms with Crippen molar-refractivity contribution in [3.8, 4) is 6.07 Å². The molecule has 0 spiro atoms. The minimum Gasteiger partial charge on any atom is -0.364 e. The molecule has 1 aliphatic carbocycles. The maximum absolute atomic E-state index is 8.79. The summed E-state index contributed by atoms with van der Waals surface area (Å²) in [6.45, 7) is 2.14. The average molecular weight is 277 g/mol. The van der Waals surface area contributed by atoms with Gasteiger partial charge in [0.25, 0.3) is 0 Å². The van der Waals surface area contributed by atoms with Gasteiger partial charge >= 0.3 is 0 Å². The van der Waals surface area contributed by atoms with Gasteiger partial charge in [0.1, 0.15) is 11.9 Å². The maximum Gasteiger partial charge on any atom is 0.126 e. The molecule has 21 heavy (non-hydrogen) atoms. The highest BCUT2D eigenvalue weighted by molar-refractivity contribution is 5.43. The van der Waals surface area contributed by atoms with Crippen molar-refractivity contribution in [1.82, 2.24) is 4.98 Å². The van der Waals surface area contributed by atoms with Gasteiger partial charge in [-0.3, -0.25) is 0 Å². The first-order chi connectivity index (χ1) is 10.3. The number of rotatable bonds is 3. The predicted molar refractivity (Wildman–Crippen MR) is 84.1 cm³/mol. The third kappa shape index (κ3) is 3.05. The van der Waals surface area contributed by atoms with E-state index in [1.54, 1.807) is 12.3 Å². The Morgan fingerprint density at radius 1 is 1.14 bits per heavy atom. The largest absolute Gasteiger partial charge is 0.364 e. The molecule has 3 nitrogen and oxygen atoms in total. The smallest absolute Gasteiger partial charge is 0.126 e. The van der Waals surface area contributed by atoms with Crippen LogP contribution >= 0.6 is 0 Å². The Balaban J connectivity index is 1.75. The van der Waals surface area contributed by atoms with Crippen LogP contribution in [0.25, 0.3) is 0 Å². The number of nitriles is 1. The molecule has 3 heteroatoms. The zero-order chi connectivity index (χ0) is 14.7. The van der Waals surface area contributed by atoms with Gasteiger partial charge in [0.05, 0.1) is 5.56 Å². The standard InChI is InChI=1S/C18H19N3/c1-13(21-18-9-6-14(11-19)12-20-18)16-8-7-15-4-2-3-5-17(15)10-16/h6-10,12-13H,2-5H2,1H3,(H,20,21)/t13-/m1/s1. The molecule has 1 N–H and O–H groups in total. The molecule has 1 aromatic carbocycles. The second-order valence-electron chi connectivity index (χ2n) is 5.65. The summed E-state index contributed by atoms with van der Waals surface area (Å²) in [5.41, 5.74) is 4.89. The monoisotopic (exact) mass is 277 g/mol. The highest BCUT2D eigenvalue weighted by atomic mass is 15.0. The molecule has 1 heterocycles. The van der Waals surface area contributed by atoms with Crippen molar-refractivity contribution in [2.75, 3.05) is 5.32 Å². The van der Waals surface area contributed by atoms with Gasteiger partial charge in [-0.2, -0.15) is 5.26 Å². The van der Waals surface area contributed by atoms with Crippen molar-refractivity contribution in [3.05, 3.63) is 58.8 Å². The summed E-state index contributed by atoms with van der Waals surface area (Å²) < 4.78 is 0. The second kappa shape index (κ2) is 5.97. The van der Waals surface area contributed by atoms with Crippen LogP contribution in [0, 0.1) is 11.3 Å². The first kappa shape index (κ1) is 13.6. The molecule has 0 aliphatic heterocycles. The lowest BCUT2D eigenvalue weighted by Crippen LogP contribution is -2.10. The van der Waals surface area contributed by atoms with Crippen LogP contribution in [0.5, 0.6) is 0 Å². The van der Waals surface area contributed by atoms with E-state index in [0.717, 1.165) is 5.82 Å². The van der Waals surface area contributed by atoms with Gasteiger partial charge in [0, 0.05) is 12.2 Å². The predicted octanol–water partition coefficient (Wildman–Crippen LogP) is 4.01. The van der Waals surface area contributed by atoms with Gasteiger partial charge < -0.3 is 5.32 Å². The SMILES string of the molecule is C[C@@H](Nc1ccc(C#N)cn1)c1ccc2c(c1)CCCC2. The summed E-state index contributed by atoms with van der Waals surface area (Å²) in [7, 11) is 0. The molecule has 1 aromatic heterocycles. The lowest BCUT2D eigenvalue weighted by molar-refractivity contribution is 0.683. The van der Waals surface area contributed by atoms with Crippen molar-refractivity contribution in [3.63, 3.8) is 0 Å². The van der Waals surface area contributed by atoms with E-state index in [9.17, 15) is 0 Å². The third-order valence-corrected chi connectivity index (χ3v) is 4.13. The van der Waals surface area contributed by atoms with E-state index in [2.05, 4.69) is 41.5 Å². The van der Waals surface area contributed by atoms with Gasteiger partial charge in [-0.25, -0.2) is 4.98 Å². The Labute approximate surface area is 125 Å². The molecule has 1 aliphatic rings. The number of aromatic nitrogens is 1. The van der Waals surface area contributed by atoms with Crippen LogP contribution in [0.2, 0.25) is 0 Å². The van der Waals surface area contributed by atoms with Crippen LogP contribution in [0.15, 0.2) is 36.5 Å². The molecule has 0 saturated carbocycles. The van der Waals surface area contributed by atoms with E-state index in [1.807, 2.05) is 6.07 Å². The molecule has 1 atom stereocenters. The number of fused-ring (bicyclic) bond motifs is 1. The minimum atomic E-state index is 0.206. The van der Waals surface area contributed by atoms with Crippen molar-refractivity contribution >= 4 is 5.82 Å². The highest BCUT2D eigenvalue weighted by Crippen LogP contribution is 2.26. The van der Waals surface area contributed by atoms with E-state index in [1.165, 1.54) is 42.4 Å². The number of pyridine rings is 1. The first-order valence-electron chi connectivity index (χ1n) is 7.50. The van der Waals surface area contributed by atoms with Crippen molar-refractivity contribution < 1.29 is 0 Å². The van der Waals surface area contributed by atoms with E-state index >= 15 is 0 Å². The summed E-state index contributed by atoms with van der Waals surface area (Å²) in [5, 5.41) is 12.2. The Morgan fingerprint density at radius 3 is 2.67 bits per heavy atom. The molecule has 106 valence electrons. The molecule has 0 radical (unpaired) electrons. The van der Waals surface area contributed by atoms with Gasteiger partial charge in [0.15, 0.2) is 0 Å². The van der Waals surface area contributed by atoms with Crippen LogP contribution in [0.1, 0.15) is 48.1 Å². The van der Waals surface area contributed by atoms with Crippen LogP contribution < -0.4 is 5.32 Å². The van der Waals surface area contributed by atoms with Crippen LogP contribution in [0.4, 0.5) is 5.82 Å². The Bertz CT molecular complexity index is 668. The lowest BCUT2D eigenvalue weighted by atomic mass is 9.89. The molecule has 0 unspecified atom stereocenters. The highest BCUT2D eigenvalue weighted by Gasteiger charge is 2.12. The topological polar surface area (TPSA) is 48.7 Å². The zero-order valence-electron chi connectivity index (χ0n) is 12.3. The summed E-state index contributed by atoms with van der Waals surface area (Å²) in [6.07, 6.45) is 6.63. The van der Waals surface area contributed by atoms with E-state index in [-0.39, 0.29) is 6.04 Å². The molecule has 0 fully saturated rings. The number of aryl methyl sites for hydroxylation is 2. The quantitative estimate of drug-likeness (QED) is 0.922. The number of benzene rings is 1. The molecular formula is C18H19N3. The van der Waals surface area contributed by atoms with Crippen molar-refractivity contribution in [2.45, 2.75) is 38.6 Å². The summed E-state index contributed by atoms with van der Waals surface area (Å²) in [6, 6.07) is 12.7. The fraction of sp³-hybridized carbons (Fsp3) is 0.333. The number of hydrogen-bond donors (Lipinski definition) is 1. The fourth-order valence-corrected chi connectivity index (χ4v) is 2.87. The Kier molecular flexibility index (Phi) is 3.87. The first-order valence-corrected chi connectivity index (χ1v) is 7.50. The van der Waals surface area contributed by atoms with Crippen LogP contribution in [0.3, 0.4) is 0 Å². The molecule has 0 amide bonds. The summed E-state index contributed by atoms with van der Waals surface area (Å²) in [4.78, 5) is 4.27. The maximum atomic E-state index is 8.79. The van der Waals surface area contributed by atoms with Crippen LogP contribution in [-0.2, 0) is 12.8 Å². The number of nitrogens with zero attached hydrogens (tertiary/aromatic N) is 2. The van der Waals surface area contributed by atoms with Crippen molar-refractivity contribution in [2.24, 2.45) is 0 Å². The molecule has 0 bridgehead atoms. The summed E-state index contributed by atoms with van der Waals surface area (Å²) >= 11 is 0. The normalized spacial score (nSPS) is 14.9. The Hall–Kier alpha value is -2.34. The van der Waals surface area contributed by atoms with Gasteiger partial charge in [-0.15, -0.1) is 0 Å². The average Bonchev–Trinajstić information content (AvgIpc) is 2.55. The number of hydrogen-bond acceptors (Lipinski definition) is 3. The number of anilines is 1. The minimum absolute atomic E-state index is 0.206. The van der Waals surface area contributed by atoms with Gasteiger partial charge in [-0.05, 0) is 61.4 Å². The van der Waals surface area contributed by atoms with Crippen LogP contribution in [-0.4, -0.2) is 4.98 Å². The number of nitrogens with one attached hydrogen (secondary N) is 1. The second-order valence-corrected chi connectivity index (χ2v) is 5.65. The van der Waals surface area contributed by atoms with E-state index in [0.29, 0.717) is 5.56 Å². The van der Waals surface area contributed by atoms with Gasteiger partial charge in [0.2, 0.25) is 0 Å². The Morgan fingerprint density at radius 2 is 1.95 bits per heavy atom. The summed E-state index contributed by atoms with van der Waals surface area (Å²) in [5.74, 6) is 0.805. The molecular weight excluding hydrogens is 258 g/mol. The fourth-order valence-electron chi connectivity index (χ4n) is 2.87. The lowest BCUT2D eigenvalue weighted by Gasteiger charge is -2.20. The van der Waals surface area contributed by atoms with E-state index in [4.69, 9.17) is 5.26 Å². The van der Waals surface area contributed by atoms with Gasteiger partial charge in [-0.1, -0.05) is 18.2 Å². The van der Waals surface area contributed by atoms with E-state index < -0.39 is 0 Å². The molecule has 2 aromatic rings. The third-order valence-electron chi connectivity index (χ3n) is 4.13. The zero-order valence-corrected chi connectivity index (χ0v) is 12.3. The molecule has 3 rings (SSSR count).